The van der Waals surface area contributed by atoms with Crippen molar-refractivity contribution in [1.29, 1.82) is 0 Å². The Hall–Kier alpha value is -2.00. The molecule has 0 amide bonds. The maximum atomic E-state index is 6.13. The number of methoxy groups -OCH3 is 1. The molecule has 2 unspecified atom stereocenters. The molecular weight excluding hydrogens is 262 g/mol. The molecule has 0 bridgehead atoms. The first-order valence-electron chi connectivity index (χ1n) is 7.29. The average molecular weight is 283 g/mol. The van der Waals surface area contributed by atoms with Crippen molar-refractivity contribution in [2.75, 3.05) is 7.11 Å². The van der Waals surface area contributed by atoms with Gasteiger partial charge in [-0.1, -0.05) is 24.3 Å². The molecule has 0 aromatic heterocycles. The van der Waals surface area contributed by atoms with Crippen molar-refractivity contribution in [3.8, 4) is 22.6 Å². The topological polar surface area (TPSA) is 44.5 Å². The van der Waals surface area contributed by atoms with Crippen molar-refractivity contribution in [3.63, 3.8) is 0 Å². The van der Waals surface area contributed by atoms with Crippen LogP contribution in [0.25, 0.3) is 11.1 Å². The Morgan fingerprint density at radius 3 is 2.67 bits per heavy atom. The highest BCUT2D eigenvalue weighted by Gasteiger charge is 2.29. The van der Waals surface area contributed by atoms with E-state index in [9.17, 15) is 0 Å². The van der Waals surface area contributed by atoms with Crippen molar-refractivity contribution in [2.45, 2.75) is 32.4 Å². The number of fused-ring (bicyclic) bond motifs is 1. The predicted molar refractivity (Wildman–Crippen MR) is 84.9 cm³/mol. The molecule has 1 aliphatic rings. The Morgan fingerprint density at radius 2 is 2.00 bits per heavy atom. The van der Waals surface area contributed by atoms with Crippen LogP contribution in [-0.2, 0) is 6.42 Å². The van der Waals surface area contributed by atoms with Gasteiger partial charge < -0.3 is 15.2 Å². The molecule has 110 valence electrons. The minimum atomic E-state index is 0.00751. The van der Waals surface area contributed by atoms with Gasteiger partial charge in [0.2, 0.25) is 0 Å². The number of rotatable bonds is 3. The van der Waals surface area contributed by atoms with E-state index >= 15 is 0 Å². The molecular formula is C18H21NO2. The van der Waals surface area contributed by atoms with Crippen LogP contribution >= 0.6 is 0 Å². The Morgan fingerprint density at radius 1 is 1.24 bits per heavy atom. The first kappa shape index (κ1) is 14.0. The molecule has 2 aromatic carbocycles. The SMILES string of the molecule is COc1cc2c(c(-c3ccccc3C)c1)OC(C(C)N)C2. The summed E-state index contributed by atoms with van der Waals surface area (Å²) in [5.41, 5.74) is 10.7. The minimum Gasteiger partial charge on any atom is -0.497 e. The summed E-state index contributed by atoms with van der Waals surface area (Å²) in [7, 11) is 1.70. The zero-order valence-corrected chi connectivity index (χ0v) is 12.7. The van der Waals surface area contributed by atoms with Crippen LogP contribution in [0.5, 0.6) is 11.5 Å². The Kier molecular flexibility index (Phi) is 3.60. The Balaban J connectivity index is 2.14. The fourth-order valence-electron chi connectivity index (χ4n) is 2.85. The Labute approximate surface area is 125 Å². The van der Waals surface area contributed by atoms with Crippen molar-refractivity contribution < 1.29 is 9.47 Å². The Bertz CT molecular complexity index is 664. The van der Waals surface area contributed by atoms with Crippen LogP contribution in [0.2, 0.25) is 0 Å². The third kappa shape index (κ3) is 2.49. The summed E-state index contributed by atoms with van der Waals surface area (Å²) in [6, 6.07) is 12.4. The molecule has 0 fully saturated rings. The first-order chi connectivity index (χ1) is 10.1. The zero-order valence-electron chi connectivity index (χ0n) is 12.7. The fraction of sp³-hybridized carbons (Fsp3) is 0.333. The minimum absolute atomic E-state index is 0.00751. The molecule has 0 spiro atoms. The molecule has 3 nitrogen and oxygen atoms in total. The molecule has 0 saturated carbocycles. The number of benzene rings is 2. The molecule has 1 heterocycles. The van der Waals surface area contributed by atoms with E-state index in [1.54, 1.807) is 7.11 Å². The second-order valence-electron chi connectivity index (χ2n) is 5.70. The molecule has 2 N–H and O–H groups in total. The van der Waals surface area contributed by atoms with Crippen LogP contribution < -0.4 is 15.2 Å². The summed E-state index contributed by atoms with van der Waals surface area (Å²) < 4.78 is 11.6. The molecule has 3 rings (SSSR count). The summed E-state index contributed by atoms with van der Waals surface area (Å²) in [5.74, 6) is 1.81. The molecule has 2 aromatic rings. The van der Waals surface area contributed by atoms with E-state index in [1.165, 1.54) is 16.7 Å². The van der Waals surface area contributed by atoms with Crippen LogP contribution in [0, 0.1) is 6.92 Å². The molecule has 0 radical (unpaired) electrons. The predicted octanol–water partition coefficient (Wildman–Crippen LogP) is 3.32. The van der Waals surface area contributed by atoms with Gasteiger partial charge in [-0.2, -0.15) is 0 Å². The molecule has 0 aliphatic carbocycles. The second kappa shape index (κ2) is 5.41. The van der Waals surface area contributed by atoms with E-state index in [-0.39, 0.29) is 12.1 Å². The molecule has 2 atom stereocenters. The maximum Gasteiger partial charge on any atom is 0.131 e. The summed E-state index contributed by atoms with van der Waals surface area (Å²) in [6.07, 6.45) is 0.873. The van der Waals surface area contributed by atoms with Gasteiger partial charge in [0, 0.05) is 23.6 Å². The van der Waals surface area contributed by atoms with Crippen molar-refractivity contribution in [2.24, 2.45) is 5.73 Å². The van der Waals surface area contributed by atoms with Crippen molar-refractivity contribution in [1.82, 2.24) is 0 Å². The van der Waals surface area contributed by atoms with Crippen LogP contribution in [0.3, 0.4) is 0 Å². The summed E-state index contributed by atoms with van der Waals surface area (Å²) in [4.78, 5) is 0. The van der Waals surface area contributed by atoms with Crippen LogP contribution in [0.4, 0.5) is 0 Å². The van der Waals surface area contributed by atoms with Gasteiger partial charge in [0.25, 0.3) is 0 Å². The van der Waals surface area contributed by atoms with Crippen LogP contribution in [0.1, 0.15) is 18.1 Å². The molecule has 0 saturated heterocycles. The van der Waals surface area contributed by atoms with Gasteiger partial charge in [0.05, 0.1) is 7.11 Å². The van der Waals surface area contributed by atoms with E-state index in [0.29, 0.717) is 0 Å². The lowest BCUT2D eigenvalue weighted by molar-refractivity contribution is 0.207. The van der Waals surface area contributed by atoms with Crippen LogP contribution in [0.15, 0.2) is 36.4 Å². The first-order valence-corrected chi connectivity index (χ1v) is 7.29. The number of hydrogen-bond donors (Lipinski definition) is 1. The quantitative estimate of drug-likeness (QED) is 0.939. The highest BCUT2D eigenvalue weighted by Crippen LogP contribution is 2.43. The maximum absolute atomic E-state index is 6.13. The van der Waals surface area contributed by atoms with E-state index in [0.717, 1.165) is 23.5 Å². The van der Waals surface area contributed by atoms with E-state index in [4.69, 9.17) is 15.2 Å². The molecule has 1 aliphatic heterocycles. The average Bonchev–Trinajstić information content (AvgIpc) is 2.91. The summed E-state index contributed by atoms with van der Waals surface area (Å²) in [5, 5.41) is 0. The van der Waals surface area contributed by atoms with Gasteiger partial charge in [0.15, 0.2) is 0 Å². The second-order valence-corrected chi connectivity index (χ2v) is 5.70. The normalized spacial score (nSPS) is 18.0. The third-order valence-electron chi connectivity index (χ3n) is 4.09. The monoisotopic (exact) mass is 283 g/mol. The van der Waals surface area contributed by atoms with Gasteiger partial charge >= 0.3 is 0 Å². The van der Waals surface area contributed by atoms with E-state index in [1.807, 2.05) is 25.1 Å². The van der Waals surface area contributed by atoms with Gasteiger partial charge in [0.1, 0.15) is 17.6 Å². The number of hydrogen-bond acceptors (Lipinski definition) is 3. The largest absolute Gasteiger partial charge is 0.497 e. The third-order valence-corrected chi connectivity index (χ3v) is 4.09. The number of nitrogens with two attached hydrogens (primary N) is 1. The van der Waals surface area contributed by atoms with Gasteiger partial charge in [-0.15, -0.1) is 0 Å². The lowest BCUT2D eigenvalue weighted by Gasteiger charge is -2.16. The van der Waals surface area contributed by atoms with Gasteiger partial charge in [-0.25, -0.2) is 0 Å². The summed E-state index contributed by atoms with van der Waals surface area (Å²) >= 11 is 0. The smallest absolute Gasteiger partial charge is 0.131 e. The highest BCUT2D eigenvalue weighted by molar-refractivity contribution is 5.77. The molecule has 3 heteroatoms. The molecule has 21 heavy (non-hydrogen) atoms. The lowest BCUT2D eigenvalue weighted by Crippen LogP contribution is -2.34. The standard InChI is InChI=1S/C18H21NO2/c1-11-6-4-5-7-15(11)16-10-14(20-3)8-13-9-17(12(2)19)21-18(13)16/h4-8,10,12,17H,9,19H2,1-3H3. The fourth-order valence-corrected chi connectivity index (χ4v) is 2.85. The summed E-state index contributed by atoms with van der Waals surface area (Å²) in [6.45, 7) is 4.10. The zero-order chi connectivity index (χ0) is 15.0. The van der Waals surface area contributed by atoms with E-state index in [2.05, 4.69) is 25.1 Å². The number of ether oxygens (including phenoxy) is 2. The van der Waals surface area contributed by atoms with Crippen LogP contribution in [-0.4, -0.2) is 19.3 Å². The van der Waals surface area contributed by atoms with Crippen molar-refractivity contribution >= 4 is 0 Å². The van der Waals surface area contributed by atoms with Gasteiger partial charge in [-0.3, -0.25) is 0 Å². The van der Waals surface area contributed by atoms with Crippen molar-refractivity contribution in [3.05, 3.63) is 47.5 Å². The number of aryl methyl sites for hydroxylation is 1. The van der Waals surface area contributed by atoms with Gasteiger partial charge in [-0.05, 0) is 37.1 Å². The lowest BCUT2D eigenvalue weighted by atomic mass is 9.96. The highest BCUT2D eigenvalue weighted by atomic mass is 16.5. The van der Waals surface area contributed by atoms with E-state index < -0.39 is 0 Å².